The zero-order valence-electron chi connectivity index (χ0n) is 17.6. The van der Waals surface area contributed by atoms with Crippen molar-refractivity contribution in [3.05, 3.63) is 59.7 Å². The van der Waals surface area contributed by atoms with Crippen LogP contribution in [0.4, 0.5) is 0 Å². The number of aromatic nitrogens is 2. The predicted octanol–water partition coefficient (Wildman–Crippen LogP) is 2.85. The summed E-state index contributed by atoms with van der Waals surface area (Å²) in [5, 5.41) is 3.50. The molecule has 6 nitrogen and oxygen atoms in total. The second kappa shape index (κ2) is 8.91. The van der Waals surface area contributed by atoms with Crippen LogP contribution in [0.2, 0.25) is 0 Å². The SMILES string of the molecule is CN=C(NCc1ccnc(C)n1)N1CCC2(CCCN(Cc3ccccc3)C2)C1. The highest BCUT2D eigenvalue weighted by Crippen LogP contribution is 2.39. The van der Waals surface area contributed by atoms with Crippen LogP contribution in [0, 0.1) is 12.3 Å². The highest BCUT2D eigenvalue weighted by Gasteiger charge is 2.42. The molecule has 0 bridgehead atoms. The first-order valence-electron chi connectivity index (χ1n) is 10.7. The largest absolute Gasteiger partial charge is 0.351 e. The van der Waals surface area contributed by atoms with Crippen LogP contribution < -0.4 is 5.32 Å². The van der Waals surface area contributed by atoms with E-state index in [1.807, 2.05) is 26.2 Å². The molecule has 2 aromatic rings. The monoisotopic (exact) mass is 392 g/mol. The molecule has 2 saturated heterocycles. The minimum Gasteiger partial charge on any atom is -0.351 e. The maximum Gasteiger partial charge on any atom is 0.193 e. The van der Waals surface area contributed by atoms with Crippen LogP contribution in [0.25, 0.3) is 0 Å². The van der Waals surface area contributed by atoms with Crippen molar-refractivity contribution in [2.75, 3.05) is 33.2 Å². The average molecular weight is 393 g/mol. The van der Waals surface area contributed by atoms with E-state index in [4.69, 9.17) is 0 Å². The van der Waals surface area contributed by atoms with Gasteiger partial charge in [-0.2, -0.15) is 0 Å². The third-order valence-electron chi connectivity index (χ3n) is 6.20. The minimum atomic E-state index is 0.385. The number of nitrogens with one attached hydrogen (secondary N) is 1. The van der Waals surface area contributed by atoms with E-state index in [1.54, 1.807) is 0 Å². The number of hydrogen-bond acceptors (Lipinski definition) is 4. The molecule has 0 radical (unpaired) electrons. The Morgan fingerprint density at radius 3 is 2.79 bits per heavy atom. The first kappa shape index (κ1) is 19.8. The molecule has 6 heteroatoms. The van der Waals surface area contributed by atoms with E-state index < -0.39 is 0 Å². The van der Waals surface area contributed by atoms with Gasteiger partial charge < -0.3 is 10.2 Å². The normalized spacial score (nSPS) is 23.0. The second-order valence-corrected chi connectivity index (χ2v) is 8.47. The van der Waals surface area contributed by atoms with Gasteiger partial charge in [0.2, 0.25) is 0 Å². The van der Waals surface area contributed by atoms with Crippen molar-refractivity contribution < 1.29 is 0 Å². The smallest absolute Gasteiger partial charge is 0.193 e. The van der Waals surface area contributed by atoms with Gasteiger partial charge in [-0.15, -0.1) is 0 Å². The Kier molecular flexibility index (Phi) is 6.09. The van der Waals surface area contributed by atoms with Crippen LogP contribution >= 0.6 is 0 Å². The highest BCUT2D eigenvalue weighted by molar-refractivity contribution is 5.80. The molecule has 29 heavy (non-hydrogen) atoms. The van der Waals surface area contributed by atoms with Gasteiger partial charge in [0.1, 0.15) is 5.82 Å². The number of nitrogens with zero attached hydrogens (tertiary/aromatic N) is 5. The molecule has 1 atom stereocenters. The number of piperidine rings is 1. The molecule has 1 N–H and O–H groups in total. The number of benzene rings is 1. The van der Waals surface area contributed by atoms with E-state index in [0.29, 0.717) is 12.0 Å². The van der Waals surface area contributed by atoms with Crippen LogP contribution in [0.5, 0.6) is 0 Å². The van der Waals surface area contributed by atoms with Gasteiger partial charge in [0.05, 0.1) is 12.2 Å². The Labute approximate surface area is 174 Å². The Balaban J connectivity index is 1.35. The van der Waals surface area contributed by atoms with Crippen molar-refractivity contribution in [1.82, 2.24) is 25.1 Å². The first-order chi connectivity index (χ1) is 14.2. The number of rotatable bonds is 4. The lowest BCUT2D eigenvalue weighted by atomic mass is 9.79. The lowest BCUT2D eigenvalue weighted by Crippen LogP contribution is -2.46. The molecule has 0 amide bonds. The van der Waals surface area contributed by atoms with Crippen LogP contribution in [0.1, 0.15) is 36.3 Å². The van der Waals surface area contributed by atoms with Gasteiger partial charge in [0.15, 0.2) is 5.96 Å². The Hall–Kier alpha value is -2.47. The molecule has 2 aliphatic rings. The summed E-state index contributed by atoms with van der Waals surface area (Å²) in [6.07, 6.45) is 5.66. The second-order valence-electron chi connectivity index (χ2n) is 8.47. The number of likely N-dealkylation sites (tertiary alicyclic amines) is 2. The van der Waals surface area contributed by atoms with Gasteiger partial charge in [-0.1, -0.05) is 30.3 Å². The molecule has 4 rings (SSSR count). The predicted molar refractivity (Wildman–Crippen MR) is 117 cm³/mol. The maximum atomic E-state index is 4.55. The number of aryl methyl sites for hydroxylation is 1. The van der Waals surface area contributed by atoms with Gasteiger partial charge in [0.25, 0.3) is 0 Å². The third kappa shape index (κ3) is 4.93. The highest BCUT2D eigenvalue weighted by atomic mass is 15.3. The molecule has 3 heterocycles. The fourth-order valence-electron chi connectivity index (χ4n) is 4.84. The summed E-state index contributed by atoms with van der Waals surface area (Å²) < 4.78 is 0. The van der Waals surface area contributed by atoms with Crippen LogP contribution in [-0.2, 0) is 13.1 Å². The molecule has 0 aliphatic carbocycles. The van der Waals surface area contributed by atoms with Crippen molar-refractivity contribution in [1.29, 1.82) is 0 Å². The molecule has 0 saturated carbocycles. The summed E-state index contributed by atoms with van der Waals surface area (Å²) >= 11 is 0. The summed E-state index contributed by atoms with van der Waals surface area (Å²) in [5.74, 6) is 1.79. The summed E-state index contributed by atoms with van der Waals surface area (Å²) in [6.45, 7) is 8.20. The molecule has 2 fully saturated rings. The van der Waals surface area contributed by atoms with E-state index in [-0.39, 0.29) is 0 Å². The van der Waals surface area contributed by atoms with E-state index in [9.17, 15) is 0 Å². The average Bonchev–Trinajstić information content (AvgIpc) is 3.12. The van der Waals surface area contributed by atoms with Crippen molar-refractivity contribution in [2.24, 2.45) is 10.4 Å². The molecule has 2 aliphatic heterocycles. The Bertz CT molecular complexity index is 836. The lowest BCUT2D eigenvalue weighted by molar-refractivity contribution is 0.0926. The van der Waals surface area contributed by atoms with Gasteiger partial charge in [0, 0.05) is 44.8 Å². The molecule has 1 unspecified atom stereocenters. The summed E-state index contributed by atoms with van der Waals surface area (Å²) in [6, 6.07) is 12.8. The zero-order valence-corrected chi connectivity index (χ0v) is 17.6. The molecule has 1 aromatic heterocycles. The van der Waals surface area contributed by atoms with Crippen LogP contribution in [-0.4, -0.2) is 59.0 Å². The fourth-order valence-corrected chi connectivity index (χ4v) is 4.84. The summed E-state index contributed by atoms with van der Waals surface area (Å²) in [4.78, 5) is 18.3. The molecule has 154 valence electrons. The van der Waals surface area contributed by atoms with E-state index >= 15 is 0 Å². The van der Waals surface area contributed by atoms with E-state index in [1.165, 1.54) is 37.9 Å². The van der Waals surface area contributed by atoms with Gasteiger partial charge in [-0.3, -0.25) is 9.89 Å². The maximum absolute atomic E-state index is 4.55. The molecule has 1 aromatic carbocycles. The standard InChI is InChI=1S/C23H32N6/c1-19-25-12-9-21(27-19)15-26-22(24-2)29-14-11-23(18-29)10-6-13-28(17-23)16-20-7-4-3-5-8-20/h3-5,7-9,12H,6,10-11,13-18H2,1-2H3,(H,24,26). The first-order valence-corrected chi connectivity index (χ1v) is 10.7. The van der Waals surface area contributed by atoms with Crippen LogP contribution in [0.15, 0.2) is 47.6 Å². The molecular weight excluding hydrogens is 360 g/mol. The number of hydrogen-bond donors (Lipinski definition) is 1. The molecular formula is C23H32N6. The van der Waals surface area contributed by atoms with Crippen molar-refractivity contribution in [2.45, 2.75) is 39.3 Å². The van der Waals surface area contributed by atoms with Gasteiger partial charge in [-0.05, 0) is 44.4 Å². The quantitative estimate of drug-likeness (QED) is 0.641. The van der Waals surface area contributed by atoms with Crippen molar-refractivity contribution in [3.8, 4) is 0 Å². The van der Waals surface area contributed by atoms with E-state index in [2.05, 4.69) is 60.4 Å². The summed E-state index contributed by atoms with van der Waals surface area (Å²) in [7, 11) is 1.88. The van der Waals surface area contributed by atoms with Gasteiger partial charge >= 0.3 is 0 Å². The lowest BCUT2D eigenvalue weighted by Gasteiger charge is -2.40. The third-order valence-corrected chi connectivity index (χ3v) is 6.20. The zero-order chi connectivity index (χ0) is 20.1. The fraction of sp³-hybridized carbons (Fsp3) is 0.522. The topological polar surface area (TPSA) is 56.7 Å². The number of guanidine groups is 1. The van der Waals surface area contributed by atoms with Crippen molar-refractivity contribution >= 4 is 5.96 Å². The summed E-state index contributed by atoms with van der Waals surface area (Å²) in [5.41, 5.74) is 2.80. The Morgan fingerprint density at radius 2 is 2.00 bits per heavy atom. The van der Waals surface area contributed by atoms with E-state index in [0.717, 1.165) is 37.1 Å². The van der Waals surface area contributed by atoms with Gasteiger partial charge in [-0.25, -0.2) is 9.97 Å². The number of aliphatic imine (C=N–C) groups is 1. The Morgan fingerprint density at radius 1 is 1.14 bits per heavy atom. The van der Waals surface area contributed by atoms with Crippen LogP contribution in [0.3, 0.4) is 0 Å². The minimum absolute atomic E-state index is 0.385. The van der Waals surface area contributed by atoms with Crippen molar-refractivity contribution in [3.63, 3.8) is 0 Å². The molecule has 1 spiro atoms.